The molecule has 5 nitrogen and oxygen atoms in total. The molecule has 0 aliphatic carbocycles. The Kier molecular flexibility index (Phi) is 6.80. The first-order chi connectivity index (χ1) is 16.9. The van der Waals surface area contributed by atoms with Gasteiger partial charge in [0, 0.05) is 12.6 Å². The number of hydrogen-bond donors (Lipinski definition) is 2. The summed E-state index contributed by atoms with van der Waals surface area (Å²) < 4.78 is 27.0. The van der Waals surface area contributed by atoms with Crippen molar-refractivity contribution in [2.24, 2.45) is 5.92 Å². The summed E-state index contributed by atoms with van der Waals surface area (Å²) in [7, 11) is 0. The van der Waals surface area contributed by atoms with E-state index in [4.69, 9.17) is 9.47 Å². The molecule has 3 aromatic rings. The second-order valence-corrected chi connectivity index (χ2v) is 10.7. The number of ether oxygens (including phenoxy) is 2. The smallest absolute Gasteiger partial charge is 0.182 e. The van der Waals surface area contributed by atoms with E-state index in [9.17, 15) is 14.6 Å². The summed E-state index contributed by atoms with van der Waals surface area (Å²) >= 11 is 1.29. The molecule has 184 valence electrons. The number of halogens is 1. The molecule has 4 atom stereocenters. The Morgan fingerprint density at radius 2 is 1.91 bits per heavy atom. The Labute approximate surface area is 209 Å². The van der Waals surface area contributed by atoms with Gasteiger partial charge < -0.3 is 19.7 Å². The van der Waals surface area contributed by atoms with Crippen molar-refractivity contribution in [3.8, 4) is 23.0 Å². The summed E-state index contributed by atoms with van der Waals surface area (Å²) in [5.74, 6) is 0.956. The van der Waals surface area contributed by atoms with E-state index in [1.54, 1.807) is 24.3 Å². The summed E-state index contributed by atoms with van der Waals surface area (Å²) in [6.07, 6.45) is 0.822. The van der Waals surface area contributed by atoms with Gasteiger partial charge in [0.05, 0.1) is 10.1 Å². The first kappa shape index (κ1) is 23.8. The van der Waals surface area contributed by atoms with Crippen LogP contribution in [-0.2, 0) is 0 Å². The van der Waals surface area contributed by atoms with E-state index in [0.29, 0.717) is 18.4 Å². The van der Waals surface area contributed by atoms with Crippen molar-refractivity contribution < 1.29 is 24.1 Å². The van der Waals surface area contributed by atoms with Crippen molar-refractivity contribution in [2.75, 3.05) is 19.7 Å². The van der Waals surface area contributed by atoms with E-state index in [0.717, 1.165) is 35.9 Å². The first-order valence-corrected chi connectivity index (χ1v) is 12.9. The van der Waals surface area contributed by atoms with E-state index in [2.05, 4.69) is 18.7 Å². The molecule has 0 bridgehead atoms. The fourth-order valence-electron chi connectivity index (χ4n) is 4.75. The molecule has 2 heterocycles. The van der Waals surface area contributed by atoms with Crippen LogP contribution in [0.4, 0.5) is 4.39 Å². The monoisotopic (exact) mass is 495 g/mol. The third kappa shape index (κ3) is 5.07. The lowest BCUT2D eigenvalue weighted by Crippen LogP contribution is -2.35. The van der Waals surface area contributed by atoms with Gasteiger partial charge >= 0.3 is 0 Å². The number of hydrogen-bond acceptors (Lipinski definition) is 6. The molecule has 35 heavy (non-hydrogen) atoms. The number of aromatic hydroxyl groups is 2. The third-order valence-electron chi connectivity index (χ3n) is 6.79. The molecule has 0 amide bonds. The second kappa shape index (κ2) is 9.99. The average Bonchev–Trinajstić information content (AvgIpc) is 3.31. The minimum atomic E-state index is -0.693. The highest BCUT2D eigenvalue weighted by Gasteiger charge is 2.36. The summed E-state index contributed by atoms with van der Waals surface area (Å²) in [5.41, 5.74) is 1.72. The van der Waals surface area contributed by atoms with Crippen molar-refractivity contribution in [2.45, 2.75) is 42.6 Å². The molecule has 7 heteroatoms. The molecule has 0 saturated carbocycles. The van der Waals surface area contributed by atoms with Crippen LogP contribution in [0, 0.1) is 11.7 Å². The lowest BCUT2D eigenvalue weighted by molar-refractivity contribution is 0.168. The number of rotatable bonds is 6. The van der Waals surface area contributed by atoms with Gasteiger partial charge in [0.2, 0.25) is 0 Å². The van der Waals surface area contributed by atoms with Crippen molar-refractivity contribution in [1.29, 1.82) is 0 Å². The number of benzene rings is 3. The Bertz CT molecular complexity index is 1190. The summed E-state index contributed by atoms with van der Waals surface area (Å²) in [6.45, 7) is 7.36. The first-order valence-electron chi connectivity index (χ1n) is 12.0. The Hall–Kier alpha value is -2.90. The quantitative estimate of drug-likeness (QED) is 0.418. The highest BCUT2D eigenvalue weighted by molar-refractivity contribution is 7.99. The molecule has 0 unspecified atom stereocenters. The van der Waals surface area contributed by atoms with Gasteiger partial charge in [0.15, 0.2) is 11.6 Å². The lowest BCUT2D eigenvalue weighted by atomic mass is 9.99. The van der Waals surface area contributed by atoms with E-state index in [-0.39, 0.29) is 15.9 Å². The molecule has 2 N–H and O–H groups in total. The van der Waals surface area contributed by atoms with Crippen LogP contribution >= 0.6 is 11.8 Å². The van der Waals surface area contributed by atoms with Crippen LogP contribution in [0.25, 0.3) is 0 Å². The molecular formula is C28H30FNO4S. The lowest BCUT2D eigenvalue weighted by Gasteiger charge is -2.34. The Morgan fingerprint density at radius 1 is 1.11 bits per heavy atom. The van der Waals surface area contributed by atoms with Gasteiger partial charge in [-0.25, -0.2) is 4.39 Å². The molecule has 2 aliphatic rings. The van der Waals surface area contributed by atoms with E-state index in [1.807, 2.05) is 30.3 Å². The number of nitrogens with zero attached hydrogens (tertiary/aromatic N) is 1. The summed E-state index contributed by atoms with van der Waals surface area (Å²) in [6, 6.07) is 18.0. The standard InChI is InChI=1S/C28H30FNO4S/c1-17-12-13-30(15-17)18(2)16-33-22-8-6-19(7-9-22)26-27(20-4-3-5-21(31)14-20)35-28-24(34-26)11-10-23(32)25(28)29/h3-11,14,17-18,26-27,31-32H,12-13,15-16H2,1-2H3/t17-,18+,26+,27-/m1/s1. The summed E-state index contributed by atoms with van der Waals surface area (Å²) in [4.78, 5) is 2.74. The molecular weight excluding hydrogens is 465 g/mol. The molecule has 0 radical (unpaired) electrons. The van der Waals surface area contributed by atoms with Gasteiger partial charge in [-0.3, -0.25) is 4.90 Å². The zero-order valence-corrected chi connectivity index (χ0v) is 20.7. The molecule has 1 saturated heterocycles. The Balaban J connectivity index is 1.36. The predicted molar refractivity (Wildman–Crippen MR) is 135 cm³/mol. The fourth-order valence-corrected chi connectivity index (χ4v) is 6.06. The predicted octanol–water partition coefficient (Wildman–Crippen LogP) is 6.31. The number of phenolic OH excluding ortho intramolecular Hbond substituents is 2. The number of likely N-dealkylation sites (tertiary alicyclic amines) is 1. The van der Waals surface area contributed by atoms with Gasteiger partial charge in [0.25, 0.3) is 0 Å². The SMILES string of the molecule is C[C@@H]1CCN([C@@H](C)COc2ccc([C@@H]3Oc4ccc(O)c(F)c4S[C@@H]3c3cccc(O)c3)cc2)C1. The topological polar surface area (TPSA) is 62.2 Å². The van der Waals surface area contributed by atoms with E-state index in [1.165, 1.54) is 24.2 Å². The van der Waals surface area contributed by atoms with Gasteiger partial charge in [0.1, 0.15) is 30.0 Å². The number of phenols is 2. The summed E-state index contributed by atoms with van der Waals surface area (Å²) in [5, 5.41) is 19.6. The second-order valence-electron chi connectivity index (χ2n) is 9.52. The van der Waals surface area contributed by atoms with Crippen LogP contribution in [0.15, 0.2) is 65.6 Å². The maximum Gasteiger partial charge on any atom is 0.182 e. The highest BCUT2D eigenvalue weighted by atomic mass is 32.2. The van der Waals surface area contributed by atoms with Crippen LogP contribution in [0.3, 0.4) is 0 Å². The fraction of sp³-hybridized carbons (Fsp3) is 0.357. The molecule has 1 fully saturated rings. The zero-order chi connectivity index (χ0) is 24.5. The highest BCUT2D eigenvalue weighted by Crippen LogP contribution is 2.55. The molecule has 0 spiro atoms. The van der Waals surface area contributed by atoms with Crippen molar-refractivity contribution >= 4 is 11.8 Å². The zero-order valence-electron chi connectivity index (χ0n) is 19.9. The maximum atomic E-state index is 14.7. The molecule has 0 aromatic heterocycles. The van der Waals surface area contributed by atoms with Gasteiger partial charge in [-0.1, -0.05) is 31.2 Å². The van der Waals surface area contributed by atoms with Crippen molar-refractivity contribution in [3.63, 3.8) is 0 Å². The van der Waals surface area contributed by atoms with Crippen LogP contribution in [-0.4, -0.2) is 40.9 Å². The van der Waals surface area contributed by atoms with Gasteiger partial charge in [-0.15, -0.1) is 11.8 Å². The van der Waals surface area contributed by atoms with Crippen LogP contribution < -0.4 is 9.47 Å². The maximum absolute atomic E-state index is 14.7. The average molecular weight is 496 g/mol. The molecule has 3 aromatic carbocycles. The van der Waals surface area contributed by atoms with Gasteiger partial charge in [-0.05, 0) is 73.3 Å². The van der Waals surface area contributed by atoms with Crippen molar-refractivity contribution in [1.82, 2.24) is 4.90 Å². The Morgan fingerprint density at radius 3 is 2.63 bits per heavy atom. The minimum Gasteiger partial charge on any atom is -0.508 e. The van der Waals surface area contributed by atoms with E-state index < -0.39 is 17.7 Å². The van der Waals surface area contributed by atoms with Crippen LogP contribution in [0.2, 0.25) is 0 Å². The van der Waals surface area contributed by atoms with Crippen molar-refractivity contribution in [3.05, 3.63) is 77.6 Å². The number of thioether (sulfide) groups is 1. The van der Waals surface area contributed by atoms with Gasteiger partial charge in [-0.2, -0.15) is 0 Å². The number of fused-ring (bicyclic) bond motifs is 1. The molecule has 2 aliphatic heterocycles. The van der Waals surface area contributed by atoms with Crippen LogP contribution in [0.1, 0.15) is 42.7 Å². The normalized spacial score (nSPS) is 22.9. The van der Waals surface area contributed by atoms with E-state index >= 15 is 0 Å². The third-order valence-corrected chi connectivity index (χ3v) is 8.18. The minimum absolute atomic E-state index is 0.134. The largest absolute Gasteiger partial charge is 0.508 e. The van der Waals surface area contributed by atoms with Crippen LogP contribution in [0.5, 0.6) is 23.0 Å². The molecule has 5 rings (SSSR count).